The average molecular weight is 432 g/mol. The van der Waals surface area contributed by atoms with Crippen molar-refractivity contribution < 1.29 is 13.2 Å². The summed E-state index contributed by atoms with van der Waals surface area (Å²) in [7, 11) is -3.90. The number of nitriles is 1. The van der Waals surface area contributed by atoms with Gasteiger partial charge in [0, 0.05) is 17.6 Å². The normalized spacial score (nSPS) is 19.6. The quantitative estimate of drug-likeness (QED) is 0.756. The minimum absolute atomic E-state index is 0.0884. The van der Waals surface area contributed by atoms with Gasteiger partial charge in [-0.3, -0.25) is 4.79 Å². The topological polar surface area (TPSA) is 104 Å². The van der Waals surface area contributed by atoms with Gasteiger partial charge in [-0.2, -0.15) is 9.57 Å². The summed E-state index contributed by atoms with van der Waals surface area (Å²) in [6, 6.07) is 14.3. The number of carbonyl (C=O) groups is 1. The molecule has 0 radical (unpaired) electrons. The van der Waals surface area contributed by atoms with E-state index in [-0.39, 0.29) is 11.4 Å². The summed E-state index contributed by atoms with van der Waals surface area (Å²) in [5, 5.41) is 9.43. The third-order valence-corrected chi connectivity index (χ3v) is 7.44. The number of halogens is 1. The van der Waals surface area contributed by atoms with Gasteiger partial charge >= 0.3 is 0 Å². The Bertz CT molecular complexity index is 1010. The van der Waals surface area contributed by atoms with Gasteiger partial charge in [0.05, 0.1) is 22.4 Å². The first-order valence-electron chi connectivity index (χ1n) is 9.38. The Morgan fingerprint density at radius 3 is 2.31 bits per heavy atom. The highest BCUT2D eigenvalue weighted by Gasteiger charge is 2.40. The van der Waals surface area contributed by atoms with Gasteiger partial charge in [-0.1, -0.05) is 36.6 Å². The lowest BCUT2D eigenvalue weighted by atomic mass is 9.84. The van der Waals surface area contributed by atoms with E-state index in [2.05, 4.69) is 0 Å². The van der Waals surface area contributed by atoms with Gasteiger partial charge < -0.3 is 5.73 Å². The molecule has 2 N–H and O–H groups in total. The van der Waals surface area contributed by atoms with E-state index in [4.69, 9.17) is 22.6 Å². The van der Waals surface area contributed by atoms with Crippen LogP contribution in [0.3, 0.4) is 0 Å². The van der Waals surface area contributed by atoms with E-state index >= 15 is 0 Å². The maximum absolute atomic E-state index is 13.5. The van der Waals surface area contributed by atoms with Crippen molar-refractivity contribution in [2.24, 2.45) is 11.7 Å². The van der Waals surface area contributed by atoms with Crippen molar-refractivity contribution in [3.8, 4) is 6.07 Å². The van der Waals surface area contributed by atoms with Gasteiger partial charge in [-0.25, -0.2) is 8.42 Å². The molecule has 6 nitrogen and oxygen atoms in total. The van der Waals surface area contributed by atoms with Crippen molar-refractivity contribution in [2.45, 2.75) is 43.2 Å². The van der Waals surface area contributed by atoms with Crippen LogP contribution in [0.25, 0.3) is 0 Å². The van der Waals surface area contributed by atoms with Crippen molar-refractivity contribution in [1.29, 1.82) is 5.26 Å². The highest BCUT2D eigenvalue weighted by Crippen LogP contribution is 2.33. The molecular formula is C21H22ClN3O3S. The molecule has 3 rings (SSSR count). The molecule has 1 amide bonds. The molecule has 0 bridgehead atoms. The monoisotopic (exact) mass is 431 g/mol. The lowest BCUT2D eigenvalue weighted by Gasteiger charge is -2.38. The van der Waals surface area contributed by atoms with Crippen LogP contribution in [0.15, 0.2) is 53.4 Å². The first-order valence-corrected chi connectivity index (χ1v) is 11.2. The van der Waals surface area contributed by atoms with Crippen molar-refractivity contribution in [2.75, 3.05) is 0 Å². The van der Waals surface area contributed by atoms with Crippen LogP contribution in [0.1, 0.15) is 36.8 Å². The molecule has 0 saturated heterocycles. The molecule has 8 heteroatoms. The molecule has 1 fully saturated rings. The number of sulfonamides is 1. The Hall–Kier alpha value is -2.40. The van der Waals surface area contributed by atoms with E-state index in [1.54, 1.807) is 24.3 Å². The zero-order valence-corrected chi connectivity index (χ0v) is 17.4. The standard InChI is InChI=1S/C21H22ClN3O3S/c22-17-9-11-18(12-10-17)29(27,28)25(14-16-7-5-15(13-23)6-8-16)20-4-2-1-3-19(20)21(24)26/h5-12,19-20H,1-4,14H2,(H2,24,26)/t19-,20+/m0/s1. The number of rotatable bonds is 6. The minimum Gasteiger partial charge on any atom is -0.369 e. The fourth-order valence-corrected chi connectivity index (χ4v) is 5.58. The van der Waals surface area contributed by atoms with Crippen LogP contribution in [0.4, 0.5) is 0 Å². The molecule has 2 atom stereocenters. The van der Waals surface area contributed by atoms with Crippen LogP contribution >= 0.6 is 11.6 Å². The number of hydrogen-bond donors (Lipinski definition) is 1. The summed E-state index contributed by atoms with van der Waals surface area (Å²) in [6.45, 7) is 0.0884. The molecule has 29 heavy (non-hydrogen) atoms. The summed E-state index contributed by atoms with van der Waals surface area (Å²) in [5.41, 5.74) is 6.84. The number of benzene rings is 2. The molecule has 1 aliphatic rings. The molecule has 0 unspecified atom stereocenters. The fourth-order valence-electron chi connectivity index (χ4n) is 3.77. The molecule has 152 valence electrons. The van der Waals surface area contributed by atoms with Crippen LogP contribution in [-0.2, 0) is 21.4 Å². The van der Waals surface area contributed by atoms with Gasteiger partial charge in [-0.15, -0.1) is 0 Å². The largest absolute Gasteiger partial charge is 0.369 e. The van der Waals surface area contributed by atoms with Crippen molar-refractivity contribution >= 4 is 27.5 Å². The maximum Gasteiger partial charge on any atom is 0.243 e. The van der Waals surface area contributed by atoms with E-state index in [0.29, 0.717) is 23.4 Å². The van der Waals surface area contributed by atoms with Crippen LogP contribution < -0.4 is 5.73 Å². The van der Waals surface area contributed by atoms with Crippen LogP contribution in [0, 0.1) is 17.2 Å². The lowest BCUT2D eigenvalue weighted by molar-refractivity contribution is -0.124. The maximum atomic E-state index is 13.5. The number of nitrogens with two attached hydrogens (primary N) is 1. The second kappa shape index (κ2) is 8.95. The third kappa shape index (κ3) is 4.78. The molecule has 2 aromatic rings. The fraction of sp³-hybridized carbons (Fsp3) is 0.333. The van der Waals surface area contributed by atoms with Gasteiger partial charge in [0.2, 0.25) is 15.9 Å². The van der Waals surface area contributed by atoms with Gasteiger partial charge in [-0.05, 0) is 54.8 Å². The average Bonchev–Trinajstić information content (AvgIpc) is 2.72. The first-order chi connectivity index (χ1) is 13.8. The summed E-state index contributed by atoms with van der Waals surface area (Å²) >= 11 is 5.92. The number of hydrogen-bond acceptors (Lipinski definition) is 4. The van der Waals surface area contributed by atoms with Gasteiger partial charge in [0.15, 0.2) is 0 Å². The lowest BCUT2D eigenvalue weighted by Crippen LogP contribution is -2.49. The van der Waals surface area contributed by atoms with E-state index in [0.717, 1.165) is 18.4 Å². The van der Waals surface area contributed by atoms with E-state index < -0.39 is 27.9 Å². The zero-order valence-electron chi connectivity index (χ0n) is 15.8. The summed E-state index contributed by atoms with van der Waals surface area (Å²) in [5.74, 6) is -1.02. The number of carbonyl (C=O) groups excluding carboxylic acids is 1. The predicted octanol–water partition coefficient (Wildman–Crippen LogP) is 3.45. The number of amides is 1. The molecule has 2 aromatic carbocycles. The Kier molecular flexibility index (Phi) is 6.58. The molecule has 0 spiro atoms. The SMILES string of the molecule is N#Cc1ccc(CN([C@@H]2CCCC[C@@H]2C(N)=O)S(=O)(=O)c2ccc(Cl)cc2)cc1. The molecule has 0 aliphatic heterocycles. The van der Waals surface area contributed by atoms with E-state index in [1.165, 1.54) is 28.6 Å². The molecule has 1 aliphatic carbocycles. The Morgan fingerprint density at radius 1 is 1.10 bits per heavy atom. The Labute approximate surface area is 175 Å². The summed E-state index contributed by atoms with van der Waals surface area (Å²) in [6.07, 6.45) is 2.81. The van der Waals surface area contributed by atoms with Crippen molar-refractivity contribution in [1.82, 2.24) is 4.31 Å². The zero-order chi connectivity index (χ0) is 21.0. The second-order valence-electron chi connectivity index (χ2n) is 7.17. The molecule has 0 heterocycles. The van der Waals surface area contributed by atoms with Crippen LogP contribution in [0.5, 0.6) is 0 Å². The van der Waals surface area contributed by atoms with Gasteiger partial charge in [0.1, 0.15) is 0 Å². The first kappa shape index (κ1) is 21.3. The Morgan fingerprint density at radius 2 is 1.72 bits per heavy atom. The summed E-state index contributed by atoms with van der Waals surface area (Å²) < 4.78 is 28.4. The highest BCUT2D eigenvalue weighted by molar-refractivity contribution is 7.89. The smallest absolute Gasteiger partial charge is 0.243 e. The second-order valence-corrected chi connectivity index (χ2v) is 9.50. The van der Waals surface area contributed by atoms with Crippen molar-refractivity contribution in [3.05, 3.63) is 64.7 Å². The predicted molar refractivity (Wildman–Crippen MR) is 110 cm³/mol. The minimum atomic E-state index is -3.90. The number of primary amides is 1. The Balaban J connectivity index is 2.03. The van der Waals surface area contributed by atoms with Crippen LogP contribution in [-0.4, -0.2) is 24.7 Å². The molecule has 1 saturated carbocycles. The van der Waals surface area contributed by atoms with E-state index in [1.807, 2.05) is 6.07 Å². The molecular weight excluding hydrogens is 410 g/mol. The van der Waals surface area contributed by atoms with Gasteiger partial charge in [0.25, 0.3) is 0 Å². The molecule has 0 aromatic heterocycles. The third-order valence-electron chi connectivity index (χ3n) is 5.31. The highest BCUT2D eigenvalue weighted by atomic mass is 35.5. The van der Waals surface area contributed by atoms with E-state index in [9.17, 15) is 13.2 Å². The summed E-state index contributed by atoms with van der Waals surface area (Å²) in [4.78, 5) is 12.2. The van der Waals surface area contributed by atoms with Crippen LogP contribution in [0.2, 0.25) is 5.02 Å². The van der Waals surface area contributed by atoms with Crippen molar-refractivity contribution in [3.63, 3.8) is 0 Å². The number of nitrogens with zero attached hydrogens (tertiary/aromatic N) is 2.